The van der Waals surface area contributed by atoms with Crippen molar-refractivity contribution in [1.29, 1.82) is 0 Å². The second-order valence-corrected chi connectivity index (χ2v) is 5.54. The maximum atomic E-state index is 12.8. The van der Waals surface area contributed by atoms with E-state index >= 15 is 0 Å². The van der Waals surface area contributed by atoms with E-state index in [-0.39, 0.29) is 18.4 Å². The van der Waals surface area contributed by atoms with Crippen molar-refractivity contribution in [2.24, 2.45) is 17.6 Å². The average molecular weight is 314 g/mol. The van der Waals surface area contributed by atoms with Crippen LogP contribution in [0.25, 0.3) is 0 Å². The molecule has 3 N–H and O–H groups in total. The van der Waals surface area contributed by atoms with Crippen LogP contribution in [-0.2, 0) is 4.79 Å². The van der Waals surface area contributed by atoms with Gasteiger partial charge in [0.25, 0.3) is 0 Å². The number of amides is 2. The number of carbonyl (C=O) groups is 2. The van der Waals surface area contributed by atoms with Gasteiger partial charge in [-0.1, -0.05) is 12.5 Å². The molecule has 1 fully saturated rings. The van der Waals surface area contributed by atoms with Gasteiger partial charge in [-0.05, 0) is 37.5 Å². The lowest BCUT2D eigenvalue weighted by atomic mass is 9.80. The number of rotatable bonds is 3. The largest absolute Gasteiger partial charge is 0.391 e. The number of hydrogen-bond acceptors (Lipinski definition) is 2. The van der Waals surface area contributed by atoms with Crippen LogP contribution in [0.2, 0.25) is 0 Å². The number of carbonyl (C=O) groups excluding carboxylic acids is 2. The molecule has 120 valence electrons. The molecule has 1 aliphatic carbocycles. The van der Waals surface area contributed by atoms with E-state index in [1.165, 1.54) is 12.1 Å². The molecule has 0 spiro atoms. The molecule has 1 aliphatic rings. The molecule has 0 saturated heterocycles. The molecule has 2 atom stereocenters. The molecule has 0 bridgehead atoms. The summed E-state index contributed by atoms with van der Waals surface area (Å²) in [4.78, 5) is 23.2. The summed E-state index contributed by atoms with van der Waals surface area (Å²) >= 11 is 0. The Morgan fingerprint density at radius 1 is 1.23 bits per heavy atom. The molecule has 1 aromatic carbocycles. The van der Waals surface area contributed by atoms with Gasteiger partial charge in [-0.15, -0.1) is 0 Å². The molecule has 2 unspecified atom stereocenters. The Bertz CT molecular complexity index is 572. The number of primary amides is 1. The maximum absolute atomic E-state index is 12.8. The Kier molecular flexibility index (Phi) is 4.73. The van der Waals surface area contributed by atoms with Gasteiger partial charge in [0.15, 0.2) is 0 Å². The van der Waals surface area contributed by atoms with Crippen LogP contribution in [0.15, 0.2) is 24.3 Å². The van der Waals surface area contributed by atoms with E-state index in [9.17, 15) is 22.8 Å². The van der Waals surface area contributed by atoms with Gasteiger partial charge in [0.1, 0.15) is 0 Å². The minimum Gasteiger partial charge on any atom is -0.366 e. The van der Waals surface area contributed by atoms with Crippen LogP contribution in [0.4, 0.5) is 18.9 Å². The number of alkyl halides is 3. The highest BCUT2D eigenvalue weighted by atomic mass is 19.4. The van der Waals surface area contributed by atoms with Gasteiger partial charge < -0.3 is 11.1 Å². The van der Waals surface area contributed by atoms with Gasteiger partial charge in [-0.25, -0.2) is 0 Å². The zero-order valence-corrected chi connectivity index (χ0v) is 11.8. The van der Waals surface area contributed by atoms with Crippen LogP contribution < -0.4 is 11.1 Å². The fourth-order valence-electron chi connectivity index (χ4n) is 2.72. The van der Waals surface area contributed by atoms with Crippen LogP contribution >= 0.6 is 0 Å². The van der Waals surface area contributed by atoms with Gasteiger partial charge >= 0.3 is 6.18 Å². The van der Waals surface area contributed by atoms with E-state index in [1.54, 1.807) is 12.1 Å². The predicted octanol–water partition coefficient (Wildman–Crippen LogP) is 3.09. The molecule has 1 saturated carbocycles. The van der Waals surface area contributed by atoms with E-state index in [1.807, 2.05) is 0 Å². The molecule has 0 heterocycles. The molecule has 0 aliphatic heterocycles. The summed E-state index contributed by atoms with van der Waals surface area (Å²) in [6.45, 7) is 0. The first-order valence-corrected chi connectivity index (χ1v) is 7.05. The third-order valence-corrected chi connectivity index (χ3v) is 3.92. The zero-order chi connectivity index (χ0) is 16.3. The summed E-state index contributed by atoms with van der Waals surface area (Å²) < 4.78 is 38.3. The third kappa shape index (κ3) is 3.99. The lowest BCUT2D eigenvalue weighted by Gasteiger charge is -2.29. The van der Waals surface area contributed by atoms with Crippen LogP contribution in [0.5, 0.6) is 0 Å². The molecule has 0 radical (unpaired) electrons. The summed E-state index contributed by atoms with van der Waals surface area (Å²) in [5.74, 6) is -3.17. The topological polar surface area (TPSA) is 72.2 Å². The predicted molar refractivity (Wildman–Crippen MR) is 75.1 cm³/mol. The van der Waals surface area contributed by atoms with Crippen molar-refractivity contribution in [3.8, 4) is 0 Å². The van der Waals surface area contributed by atoms with Crippen molar-refractivity contribution in [2.45, 2.75) is 31.9 Å². The van der Waals surface area contributed by atoms with Gasteiger partial charge in [-0.2, -0.15) is 13.2 Å². The minimum absolute atomic E-state index is 0.0738. The molecule has 4 nitrogen and oxygen atoms in total. The lowest BCUT2D eigenvalue weighted by molar-refractivity contribution is -0.185. The molecule has 2 amide bonds. The van der Waals surface area contributed by atoms with Gasteiger partial charge in [0.05, 0.1) is 5.92 Å². The first kappa shape index (κ1) is 16.3. The van der Waals surface area contributed by atoms with Crippen molar-refractivity contribution < 1.29 is 22.8 Å². The number of benzene rings is 1. The Morgan fingerprint density at radius 3 is 2.59 bits per heavy atom. The monoisotopic (exact) mass is 314 g/mol. The molecule has 1 aromatic rings. The van der Waals surface area contributed by atoms with Crippen LogP contribution in [0, 0.1) is 11.8 Å². The molecule has 7 heteroatoms. The molecular weight excluding hydrogens is 297 g/mol. The fourth-order valence-corrected chi connectivity index (χ4v) is 2.72. The molecular formula is C15H17F3N2O2. The van der Waals surface area contributed by atoms with Crippen molar-refractivity contribution in [3.05, 3.63) is 29.8 Å². The number of nitrogens with two attached hydrogens (primary N) is 1. The summed E-state index contributed by atoms with van der Waals surface area (Å²) in [5.41, 5.74) is 5.73. The highest BCUT2D eigenvalue weighted by Gasteiger charge is 2.43. The zero-order valence-electron chi connectivity index (χ0n) is 11.8. The number of hydrogen-bond donors (Lipinski definition) is 2. The number of nitrogens with one attached hydrogen (secondary N) is 1. The van der Waals surface area contributed by atoms with Crippen LogP contribution in [-0.4, -0.2) is 18.0 Å². The second kappa shape index (κ2) is 6.37. The molecule has 22 heavy (non-hydrogen) atoms. The van der Waals surface area contributed by atoms with E-state index < -0.39 is 29.8 Å². The van der Waals surface area contributed by atoms with Gasteiger partial charge in [-0.3, -0.25) is 9.59 Å². The smallest absolute Gasteiger partial charge is 0.366 e. The number of anilines is 1. The molecule has 2 rings (SSSR count). The number of halogens is 3. The quantitative estimate of drug-likeness (QED) is 0.900. The second-order valence-electron chi connectivity index (χ2n) is 5.54. The summed E-state index contributed by atoms with van der Waals surface area (Å²) in [5, 5.41) is 2.56. The summed E-state index contributed by atoms with van der Waals surface area (Å²) in [7, 11) is 0. The maximum Gasteiger partial charge on any atom is 0.391 e. The van der Waals surface area contributed by atoms with E-state index in [0.717, 1.165) is 0 Å². The van der Waals surface area contributed by atoms with Crippen LogP contribution in [0.1, 0.15) is 36.0 Å². The van der Waals surface area contributed by atoms with Crippen molar-refractivity contribution in [2.75, 3.05) is 5.32 Å². The van der Waals surface area contributed by atoms with E-state index in [0.29, 0.717) is 18.5 Å². The van der Waals surface area contributed by atoms with Crippen LogP contribution in [0.3, 0.4) is 0 Å². The highest BCUT2D eigenvalue weighted by Crippen LogP contribution is 2.40. The van der Waals surface area contributed by atoms with E-state index in [4.69, 9.17) is 5.73 Å². The van der Waals surface area contributed by atoms with Gasteiger partial charge in [0.2, 0.25) is 11.8 Å². The Morgan fingerprint density at radius 2 is 1.95 bits per heavy atom. The lowest BCUT2D eigenvalue weighted by Crippen LogP contribution is -2.34. The normalized spacial score (nSPS) is 22.1. The highest BCUT2D eigenvalue weighted by molar-refractivity contribution is 5.96. The van der Waals surface area contributed by atoms with Crippen molar-refractivity contribution in [3.63, 3.8) is 0 Å². The van der Waals surface area contributed by atoms with Crippen molar-refractivity contribution >= 4 is 17.5 Å². The van der Waals surface area contributed by atoms with E-state index in [2.05, 4.69) is 5.32 Å². The Labute approximate surface area is 125 Å². The van der Waals surface area contributed by atoms with Crippen molar-refractivity contribution in [1.82, 2.24) is 0 Å². The Balaban J connectivity index is 2.03. The third-order valence-electron chi connectivity index (χ3n) is 3.92. The fraction of sp³-hybridized carbons (Fsp3) is 0.467. The Hall–Kier alpha value is -2.05. The summed E-state index contributed by atoms with van der Waals surface area (Å²) in [6.07, 6.45) is -3.56. The minimum atomic E-state index is -4.26. The first-order chi connectivity index (χ1) is 10.3. The SMILES string of the molecule is NC(=O)c1cccc(NC(=O)C2CCCC(C(F)(F)F)C2)c1. The standard InChI is InChI=1S/C15H17F3N2O2/c16-15(17,18)11-5-1-4-10(7-11)14(22)20-12-6-2-3-9(8-12)13(19)21/h2-3,6,8,10-11H,1,4-5,7H2,(H2,19,21)(H,20,22). The first-order valence-electron chi connectivity index (χ1n) is 7.05. The van der Waals surface area contributed by atoms with Gasteiger partial charge in [0, 0.05) is 17.2 Å². The average Bonchev–Trinajstić information content (AvgIpc) is 2.46. The molecule has 0 aromatic heterocycles. The summed E-state index contributed by atoms with van der Waals surface area (Å²) in [6, 6.07) is 6.02.